The summed E-state index contributed by atoms with van der Waals surface area (Å²) in [5.41, 5.74) is 4.16. The van der Waals surface area contributed by atoms with Crippen LogP contribution in [0.2, 0.25) is 0 Å². The van der Waals surface area contributed by atoms with Crippen LogP contribution in [0.1, 0.15) is 47.2 Å². The number of hydrogen-bond donors (Lipinski definition) is 4. The summed E-state index contributed by atoms with van der Waals surface area (Å²) in [4.78, 5) is 37.0. The number of phenolic OH excluding ortho intramolecular Hbond substituents is 1. The largest absolute Gasteiger partial charge is 0.508 e. The number of benzene rings is 3. The maximum Gasteiger partial charge on any atom is 0.407 e. The summed E-state index contributed by atoms with van der Waals surface area (Å²) in [5.74, 6) is -2.22. The maximum atomic E-state index is 12.8. The van der Waals surface area contributed by atoms with Crippen molar-refractivity contribution in [3.05, 3.63) is 83.4 Å². The van der Waals surface area contributed by atoms with Crippen LogP contribution in [-0.4, -0.2) is 40.8 Å². The first-order chi connectivity index (χ1) is 16.9. The zero-order valence-corrected chi connectivity index (χ0v) is 19.2. The highest BCUT2D eigenvalue weighted by Crippen LogP contribution is 2.44. The average Bonchev–Trinajstić information content (AvgIpc) is 3.17. The number of anilines is 1. The first-order valence-electron chi connectivity index (χ1n) is 11.4. The quantitative estimate of drug-likeness (QED) is 0.350. The van der Waals surface area contributed by atoms with Gasteiger partial charge in [-0.15, -0.1) is 0 Å². The van der Waals surface area contributed by atoms with Crippen LogP contribution in [0.3, 0.4) is 0 Å². The lowest BCUT2D eigenvalue weighted by atomic mass is 9.98. The number of aromatic hydroxyl groups is 1. The Morgan fingerprint density at radius 3 is 2.20 bits per heavy atom. The lowest BCUT2D eigenvalue weighted by Gasteiger charge is -2.20. The molecule has 35 heavy (non-hydrogen) atoms. The summed E-state index contributed by atoms with van der Waals surface area (Å²) in [5, 5.41) is 24.0. The number of phenols is 1. The molecule has 0 bridgehead atoms. The summed E-state index contributed by atoms with van der Waals surface area (Å²) < 4.78 is 5.54. The molecule has 0 saturated heterocycles. The number of rotatable bonds is 8. The second-order valence-corrected chi connectivity index (χ2v) is 8.34. The van der Waals surface area contributed by atoms with Crippen molar-refractivity contribution >= 4 is 23.7 Å². The number of alkyl carbamates (subject to hydrolysis) is 1. The molecule has 4 N–H and O–H groups in total. The second-order valence-electron chi connectivity index (χ2n) is 8.34. The molecule has 3 aromatic carbocycles. The minimum absolute atomic E-state index is 0.0238. The number of hydrogen-bond acceptors (Lipinski definition) is 5. The minimum atomic E-state index is -1.30. The van der Waals surface area contributed by atoms with Crippen LogP contribution in [0.25, 0.3) is 11.1 Å². The third-order valence-electron chi connectivity index (χ3n) is 6.02. The van der Waals surface area contributed by atoms with E-state index >= 15 is 0 Å². The summed E-state index contributed by atoms with van der Waals surface area (Å²) >= 11 is 0. The molecule has 0 heterocycles. The van der Waals surface area contributed by atoms with Gasteiger partial charge in [-0.25, -0.2) is 9.59 Å². The Morgan fingerprint density at radius 2 is 1.60 bits per heavy atom. The first-order valence-corrected chi connectivity index (χ1v) is 11.4. The number of carboxylic acid groups (broad SMARTS) is 1. The van der Waals surface area contributed by atoms with Crippen molar-refractivity contribution in [2.45, 2.75) is 31.7 Å². The molecular weight excluding hydrogens is 448 g/mol. The standard InChI is InChI=1S/C27H26N2O6/c1-2-7-24(25(31)28-23-13-12-16(30)14-21(23)26(32)33)29-27(34)35-15-22-19-10-5-3-8-17(19)18-9-4-6-11-20(18)22/h3-6,8-14,22,24,30H,2,7,15H2,1H3,(H,28,31)(H,29,34)(H,32,33)/t24-/m0/s1. The summed E-state index contributed by atoms with van der Waals surface area (Å²) in [6.07, 6.45) is 0.198. The molecule has 8 heteroatoms. The predicted octanol–water partition coefficient (Wildman–Crippen LogP) is 4.74. The van der Waals surface area contributed by atoms with Gasteiger partial charge in [-0.05, 0) is 46.9 Å². The average molecular weight is 475 g/mol. The van der Waals surface area contributed by atoms with Crippen LogP contribution in [0, 0.1) is 0 Å². The van der Waals surface area contributed by atoms with Gasteiger partial charge in [0, 0.05) is 5.92 Å². The number of fused-ring (bicyclic) bond motifs is 3. The zero-order valence-electron chi connectivity index (χ0n) is 19.2. The lowest BCUT2D eigenvalue weighted by Crippen LogP contribution is -2.44. The molecule has 1 atom stereocenters. The first kappa shape index (κ1) is 23.8. The van der Waals surface area contributed by atoms with Crippen LogP contribution < -0.4 is 10.6 Å². The van der Waals surface area contributed by atoms with E-state index in [1.54, 1.807) is 0 Å². The van der Waals surface area contributed by atoms with Gasteiger partial charge in [0.25, 0.3) is 0 Å². The van der Waals surface area contributed by atoms with Crippen molar-refractivity contribution in [2.24, 2.45) is 0 Å². The van der Waals surface area contributed by atoms with Crippen molar-refractivity contribution in [2.75, 3.05) is 11.9 Å². The molecular formula is C27H26N2O6. The van der Waals surface area contributed by atoms with E-state index in [0.29, 0.717) is 12.8 Å². The fraction of sp³-hybridized carbons (Fsp3) is 0.222. The monoisotopic (exact) mass is 474 g/mol. The fourth-order valence-corrected chi connectivity index (χ4v) is 4.38. The highest BCUT2D eigenvalue weighted by atomic mass is 16.5. The molecule has 0 radical (unpaired) electrons. The molecule has 0 saturated carbocycles. The lowest BCUT2D eigenvalue weighted by molar-refractivity contribution is -0.118. The molecule has 0 spiro atoms. The molecule has 0 aromatic heterocycles. The van der Waals surface area contributed by atoms with Gasteiger partial charge in [-0.3, -0.25) is 4.79 Å². The van der Waals surface area contributed by atoms with Crippen LogP contribution in [-0.2, 0) is 9.53 Å². The summed E-state index contributed by atoms with van der Waals surface area (Å²) in [6.45, 7) is 1.98. The third kappa shape index (κ3) is 5.11. The SMILES string of the molecule is CCC[C@H](NC(=O)OCC1c2ccccc2-c2ccccc21)C(=O)Nc1ccc(O)cc1C(=O)O. The Hall–Kier alpha value is -4.33. The molecule has 0 unspecified atom stereocenters. The van der Waals surface area contributed by atoms with Gasteiger partial charge in [-0.2, -0.15) is 0 Å². The molecule has 4 rings (SSSR count). The normalized spacial score (nSPS) is 12.8. The molecule has 180 valence electrons. The van der Waals surface area contributed by atoms with Crippen molar-refractivity contribution in [1.29, 1.82) is 0 Å². The van der Waals surface area contributed by atoms with Gasteiger partial charge in [0.15, 0.2) is 0 Å². The maximum absolute atomic E-state index is 12.8. The highest BCUT2D eigenvalue weighted by Gasteiger charge is 2.30. The van der Waals surface area contributed by atoms with Gasteiger partial charge in [0.1, 0.15) is 18.4 Å². The molecule has 3 aromatic rings. The van der Waals surface area contributed by atoms with E-state index in [2.05, 4.69) is 10.6 Å². The van der Waals surface area contributed by atoms with Crippen LogP contribution >= 0.6 is 0 Å². The topological polar surface area (TPSA) is 125 Å². The number of carbonyl (C=O) groups excluding carboxylic acids is 2. The van der Waals surface area contributed by atoms with Crippen molar-refractivity contribution in [1.82, 2.24) is 5.32 Å². The zero-order chi connectivity index (χ0) is 24.9. The fourth-order valence-electron chi connectivity index (χ4n) is 4.38. The Kier molecular flexibility index (Phi) is 7.01. The Balaban J connectivity index is 1.43. The number of nitrogens with one attached hydrogen (secondary N) is 2. The molecule has 1 aliphatic carbocycles. The van der Waals surface area contributed by atoms with E-state index < -0.39 is 24.0 Å². The highest BCUT2D eigenvalue weighted by molar-refractivity contribution is 6.03. The predicted molar refractivity (Wildman–Crippen MR) is 131 cm³/mol. The van der Waals surface area contributed by atoms with Gasteiger partial charge >= 0.3 is 12.1 Å². The van der Waals surface area contributed by atoms with Gasteiger partial charge in [0.2, 0.25) is 5.91 Å². The Morgan fingerprint density at radius 1 is 0.971 bits per heavy atom. The summed E-state index contributed by atoms with van der Waals surface area (Å²) in [6, 6.07) is 18.7. The van der Waals surface area contributed by atoms with Crippen molar-refractivity contribution in [3.8, 4) is 16.9 Å². The van der Waals surface area contributed by atoms with E-state index in [4.69, 9.17) is 4.74 Å². The Labute approximate surface area is 202 Å². The number of carbonyl (C=O) groups is 3. The van der Waals surface area contributed by atoms with E-state index in [9.17, 15) is 24.6 Å². The van der Waals surface area contributed by atoms with Gasteiger partial charge in [-0.1, -0.05) is 61.9 Å². The second kappa shape index (κ2) is 10.3. The Bertz CT molecular complexity index is 1230. The van der Waals surface area contributed by atoms with Gasteiger partial charge < -0.3 is 25.6 Å². The smallest absolute Gasteiger partial charge is 0.407 e. The third-order valence-corrected chi connectivity index (χ3v) is 6.02. The molecule has 1 aliphatic rings. The number of ether oxygens (including phenoxy) is 1. The van der Waals surface area contributed by atoms with Gasteiger partial charge in [0.05, 0.1) is 11.3 Å². The van der Waals surface area contributed by atoms with E-state index in [1.165, 1.54) is 12.1 Å². The van der Waals surface area contributed by atoms with E-state index in [-0.39, 0.29) is 29.5 Å². The molecule has 2 amide bonds. The van der Waals surface area contributed by atoms with E-state index in [1.807, 2.05) is 55.5 Å². The molecule has 0 fully saturated rings. The van der Waals surface area contributed by atoms with E-state index in [0.717, 1.165) is 28.3 Å². The number of amides is 2. The van der Waals surface area contributed by atoms with Crippen LogP contribution in [0.15, 0.2) is 66.7 Å². The minimum Gasteiger partial charge on any atom is -0.508 e. The molecule has 8 nitrogen and oxygen atoms in total. The summed E-state index contributed by atoms with van der Waals surface area (Å²) in [7, 11) is 0. The van der Waals surface area contributed by atoms with Crippen LogP contribution in [0.4, 0.5) is 10.5 Å². The number of aromatic carboxylic acids is 1. The van der Waals surface area contributed by atoms with Crippen LogP contribution in [0.5, 0.6) is 5.75 Å². The van der Waals surface area contributed by atoms with Crippen molar-refractivity contribution in [3.63, 3.8) is 0 Å². The molecule has 0 aliphatic heterocycles. The number of carboxylic acids is 1. The van der Waals surface area contributed by atoms with Crippen molar-refractivity contribution < 1.29 is 29.3 Å².